The highest BCUT2D eigenvalue weighted by atomic mass is 32.2. The normalized spacial score (nSPS) is 11.8. The van der Waals surface area contributed by atoms with E-state index in [1.54, 1.807) is 0 Å². The summed E-state index contributed by atoms with van der Waals surface area (Å²) >= 11 is 0. The van der Waals surface area contributed by atoms with Crippen molar-refractivity contribution in [3.63, 3.8) is 0 Å². The fraction of sp³-hybridized carbons (Fsp3) is 0.357. The first kappa shape index (κ1) is 15.5. The lowest BCUT2D eigenvalue weighted by atomic mass is 10.2. The van der Waals surface area contributed by atoms with Gasteiger partial charge in [-0.3, -0.25) is 5.10 Å². The van der Waals surface area contributed by atoms with E-state index < -0.39 is 10.0 Å². The van der Waals surface area contributed by atoms with Gasteiger partial charge in [0, 0.05) is 39.1 Å². The molecule has 0 radical (unpaired) electrons. The van der Waals surface area contributed by atoms with Gasteiger partial charge in [-0.15, -0.1) is 0 Å². The summed E-state index contributed by atoms with van der Waals surface area (Å²) in [5, 5.41) is 6.24. The molecular weight excluding hydrogens is 288 g/mol. The lowest BCUT2D eigenvalue weighted by Gasteiger charge is -2.20. The van der Waals surface area contributed by atoms with E-state index in [2.05, 4.69) is 10.2 Å². The van der Waals surface area contributed by atoms with Gasteiger partial charge in [0.05, 0.1) is 6.20 Å². The molecule has 0 aliphatic rings. The second kappa shape index (κ2) is 6.28. The van der Waals surface area contributed by atoms with E-state index in [4.69, 9.17) is 0 Å². The number of anilines is 1. The van der Waals surface area contributed by atoms with Crippen LogP contribution in [0.15, 0.2) is 41.6 Å². The molecule has 1 N–H and O–H groups in total. The molecule has 0 fully saturated rings. The maximum Gasteiger partial charge on any atom is 0.246 e. The second-order valence-electron chi connectivity index (χ2n) is 4.93. The summed E-state index contributed by atoms with van der Waals surface area (Å²) in [5.74, 6) is 0. The maximum absolute atomic E-state index is 12.5. The molecule has 0 atom stereocenters. The average molecular weight is 308 g/mol. The smallest absolute Gasteiger partial charge is 0.246 e. The van der Waals surface area contributed by atoms with Crippen molar-refractivity contribution in [2.45, 2.75) is 18.4 Å². The number of nitrogens with zero attached hydrogens (tertiary/aromatic N) is 3. The highest BCUT2D eigenvalue weighted by Gasteiger charge is 2.24. The third-order valence-electron chi connectivity index (χ3n) is 3.28. The Balaban J connectivity index is 2.19. The molecule has 0 aliphatic heterocycles. The fourth-order valence-electron chi connectivity index (χ4n) is 2.00. The molecule has 1 aromatic carbocycles. The van der Waals surface area contributed by atoms with Crippen LogP contribution >= 0.6 is 0 Å². The van der Waals surface area contributed by atoms with Crippen molar-refractivity contribution >= 4 is 15.7 Å². The SMILES string of the molecule is CCN(Cc1ccc(N(C)C)cc1)S(=O)(=O)c1cn[nH]c1. The number of aromatic nitrogens is 2. The van der Waals surface area contributed by atoms with Crippen LogP contribution in [0.4, 0.5) is 5.69 Å². The van der Waals surface area contributed by atoms with Crippen LogP contribution in [0.5, 0.6) is 0 Å². The summed E-state index contributed by atoms with van der Waals surface area (Å²) in [6.45, 7) is 2.58. The van der Waals surface area contributed by atoms with E-state index in [1.807, 2.05) is 50.2 Å². The van der Waals surface area contributed by atoms with Gasteiger partial charge in [0.15, 0.2) is 0 Å². The molecule has 0 bridgehead atoms. The Morgan fingerprint density at radius 1 is 1.19 bits per heavy atom. The lowest BCUT2D eigenvalue weighted by molar-refractivity contribution is 0.423. The molecule has 6 nitrogen and oxygen atoms in total. The molecule has 0 spiro atoms. The number of rotatable bonds is 6. The van der Waals surface area contributed by atoms with Gasteiger partial charge in [0.25, 0.3) is 0 Å². The highest BCUT2D eigenvalue weighted by Crippen LogP contribution is 2.18. The fourth-order valence-corrected chi connectivity index (χ4v) is 3.34. The van der Waals surface area contributed by atoms with Gasteiger partial charge in [0.2, 0.25) is 10.0 Å². The predicted octanol–water partition coefficient (Wildman–Crippen LogP) is 1.69. The molecule has 0 unspecified atom stereocenters. The zero-order chi connectivity index (χ0) is 15.5. The van der Waals surface area contributed by atoms with Gasteiger partial charge in [-0.1, -0.05) is 19.1 Å². The summed E-state index contributed by atoms with van der Waals surface area (Å²) in [6.07, 6.45) is 2.72. The zero-order valence-electron chi connectivity index (χ0n) is 12.4. The highest BCUT2D eigenvalue weighted by molar-refractivity contribution is 7.89. The molecule has 0 saturated carbocycles. The van der Waals surface area contributed by atoms with Gasteiger partial charge < -0.3 is 4.90 Å². The number of nitrogens with one attached hydrogen (secondary N) is 1. The lowest BCUT2D eigenvalue weighted by Crippen LogP contribution is -2.30. The Morgan fingerprint density at radius 3 is 2.33 bits per heavy atom. The molecule has 1 heterocycles. The van der Waals surface area contributed by atoms with Gasteiger partial charge in [0.1, 0.15) is 4.90 Å². The van der Waals surface area contributed by atoms with Crippen LogP contribution < -0.4 is 4.90 Å². The molecule has 114 valence electrons. The number of benzene rings is 1. The van der Waals surface area contributed by atoms with Crippen LogP contribution in [0.25, 0.3) is 0 Å². The summed E-state index contributed by atoms with van der Waals surface area (Å²) in [5.41, 5.74) is 2.04. The molecule has 0 aliphatic carbocycles. The topological polar surface area (TPSA) is 69.3 Å². The predicted molar refractivity (Wildman–Crippen MR) is 82.6 cm³/mol. The van der Waals surface area contributed by atoms with Crippen molar-refractivity contribution in [2.24, 2.45) is 0 Å². The standard InChI is InChI=1S/C14H20N4O2S/c1-4-18(21(19,20)14-9-15-16-10-14)11-12-5-7-13(8-6-12)17(2)3/h5-10H,4,11H2,1-3H3,(H,15,16). The summed E-state index contributed by atoms with van der Waals surface area (Å²) in [4.78, 5) is 2.19. The number of H-pyrrole nitrogens is 1. The van der Waals surface area contributed by atoms with Crippen molar-refractivity contribution in [3.05, 3.63) is 42.2 Å². The molecular formula is C14H20N4O2S. The Kier molecular flexibility index (Phi) is 4.64. The third kappa shape index (κ3) is 3.43. The van der Waals surface area contributed by atoms with E-state index in [0.29, 0.717) is 13.1 Å². The van der Waals surface area contributed by atoms with Crippen molar-refractivity contribution in [1.29, 1.82) is 0 Å². The Hall–Kier alpha value is -1.86. The number of hydrogen-bond donors (Lipinski definition) is 1. The Morgan fingerprint density at radius 2 is 1.86 bits per heavy atom. The maximum atomic E-state index is 12.5. The van der Waals surface area contributed by atoms with Crippen LogP contribution in [0.2, 0.25) is 0 Å². The first-order chi connectivity index (χ1) is 9.95. The van der Waals surface area contributed by atoms with Crippen LogP contribution in [0, 0.1) is 0 Å². The van der Waals surface area contributed by atoms with E-state index >= 15 is 0 Å². The quantitative estimate of drug-likeness (QED) is 0.881. The minimum atomic E-state index is -3.50. The zero-order valence-corrected chi connectivity index (χ0v) is 13.3. The molecule has 0 saturated heterocycles. The Labute approximate surface area is 125 Å². The Bertz CT molecular complexity index is 664. The van der Waals surface area contributed by atoms with Crippen LogP contribution in [0.3, 0.4) is 0 Å². The first-order valence-corrected chi connectivity index (χ1v) is 8.14. The van der Waals surface area contributed by atoms with Crippen LogP contribution in [-0.4, -0.2) is 43.6 Å². The second-order valence-corrected chi connectivity index (χ2v) is 6.86. The number of sulfonamides is 1. The molecule has 2 aromatic rings. The van der Waals surface area contributed by atoms with Crippen LogP contribution in [0.1, 0.15) is 12.5 Å². The molecule has 2 rings (SSSR count). The van der Waals surface area contributed by atoms with Gasteiger partial charge >= 0.3 is 0 Å². The molecule has 7 heteroatoms. The van der Waals surface area contributed by atoms with Crippen molar-refractivity contribution in [3.8, 4) is 0 Å². The van der Waals surface area contributed by atoms with Crippen LogP contribution in [-0.2, 0) is 16.6 Å². The number of hydrogen-bond acceptors (Lipinski definition) is 4. The van der Waals surface area contributed by atoms with Gasteiger partial charge in [-0.25, -0.2) is 8.42 Å². The van der Waals surface area contributed by atoms with Crippen molar-refractivity contribution in [1.82, 2.24) is 14.5 Å². The summed E-state index contributed by atoms with van der Waals surface area (Å²) < 4.78 is 26.4. The third-order valence-corrected chi connectivity index (χ3v) is 5.16. The minimum Gasteiger partial charge on any atom is -0.378 e. The van der Waals surface area contributed by atoms with Crippen molar-refractivity contribution < 1.29 is 8.42 Å². The van der Waals surface area contributed by atoms with E-state index in [1.165, 1.54) is 16.7 Å². The molecule has 1 aromatic heterocycles. The van der Waals surface area contributed by atoms with Crippen molar-refractivity contribution in [2.75, 3.05) is 25.5 Å². The van der Waals surface area contributed by atoms with E-state index in [9.17, 15) is 8.42 Å². The molecule has 21 heavy (non-hydrogen) atoms. The van der Waals surface area contributed by atoms with E-state index in [0.717, 1.165) is 11.3 Å². The number of aromatic amines is 1. The minimum absolute atomic E-state index is 0.189. The van der Waals surface area contributed by atoms with E-state index in [-0.39, 0.29) is 4.90 Å². The molecule has 0 amide bonds. The van der Waals surface area contributed by atoms with Gasteiger partial charge in [-0.05, 0) is 17.7 Å². The first-order valence-electron chi connectivity index (χ1n) is 6.70. The average Bonchev–Trinajstić information content (AvgIpc) is 3.00. The van der Waals surface area contributed by atoms with Gasteiger partial charge in [-0.2, -0.15) is 9.40 Å². The summed E-state index contributed by atoms with van der Waals surface area (Å²) in [7, 11) is 0.435. The summed E-state index contributed by atoms with van der Waals surface area (Å²) in [6, 6.07) is 7.85. The monoisotopic (exact) mass is 308 g/mol. The largest absolute Gasteiger partial charge is 0.378 e.